The molecule has 0 atom stereocenters. The third-order valence-corrected chi connectivity index (χ3v) is 5.00. The van der Waals surface area contributed by atoms with Crippen LogP contribution in [-0.4, -0.2) is 57.2 Å². The predicted molar refractivity (Wildman–Crippen MR) is 111 cm³/mol. The van der Waals surface area contributed by atoms with E-state index in [2.05, 4.69) is 48.8 Å². The maximum Gasteiger partial charge on any atom is 0.225 e. The van der Waals surface area contributed by atoms with E-state index in [0.717, 1.165) is 42.1 Å². The standard InChI is InChI=1S/C15H22N8S.HI/c1-11(2)13-21-20-12(24-13)10-19-14(16)22-6-8-23(9-7-22)15-17-4-3-5-18-15;/h3-5,11H,6-10H2,1-2H3,(H2,16,19);1H. The lowest BCUT2D eigenvalue weighted by Gasteiger charge is -2.35. The van der Waals surface area contributed by atoms with Gasteiger partial charge in [0.25, 0.3) is 0 Å². The smallest absolute Gasteiger partial charge is 0.225 e. The number of rotatable bonds is 4. The molecule has 1 aliphatic heterocycles. The van der Waals surface area contributed by atoms with Crippen LogP contribution in [0.2, 0.25) is 0 Å². The van der Waals surface area contributed by atoms with Gasteiger partial charge in [0, 0.05) is 44.5 Å². The number of halogens is 1. The van der Waals surface area contributed by atoms with Gasteiger partial charge in [0.2, 0.25) is 5.95 Å². The summed E-state index contributed by atoms with van der Waals surface area (Å²) in [4.78, 5) is 17.3. The lowest BCUT2D eigenvalue weighted by atomic mass is 10.2. The molecule has 0 aromatic carbocycles. The van der Waals surface area contributed by atoms with Crippen LogP contribution in [0, 0.1) is 0 Å². The quantitative estimate of drug-likeness (QED) is 0.410. The molecule has 0 amide bonds. The van der Waals surface area contributed by atoms with Crippen LogP contribution in [0.4, 0.5) is 5.95 Å². The summed E-state index contributed by atoms with van der Waals surface area (Å²) in [7, 11) is 0. The van der Waals surface area contributed by atoms with E-state index in [1.165, 1.54) is 0 Å². The molecule has 0 saturated carbocycles. The largest absolute Gasteiger partial charge is 0.370 e. The topological polar surface area (TPSA) is 96.4 Å². The van der Waals surface area contributed by atoms with E-state index >= 15 is 0 Å². The molecule has 3 heterocycles. The van der Waals surface area contributed by atoms with Crippen molar-refractivity contribution >= 4 is 47.2 Å². The normalized spacial score (nSPS) is 15.4. The second-order valence-electron chi connectivity index (χ2n) is 5.89. The summed E-state index contributed by atoms with van der Waals surface area (Å²) in [6, 6.07) is 1.82. The molecule has 0 bridgehead atoms. The van der Waals surface area contributed by atoms with Gasteiger partial charge in [-0.3, -0.25) is 0 Å². The number of nitrogens with two attached hydrogens (primary N) is 1. The average molecular weight is 474 g/mol. The minimum atomic E-state index is 0. The molecular formula is C15H23IN8S. The molecule has 0 spiro atoms. The number of piperazine rings is 1. The molecule has 2 aromatic rings. The van der Waals surface area contributed by atoms with Crippen LogP contribution < -0.4 is 10.6 Å². The monoisotopic (exact) mass is 474 g/mol. The fourth-order valence-corrected chi connectivity index (χ4v) is 3.17. The summed E-state index contributed by atoms with van der Waals surface area (Å²) >= 11 is 1.60. The Morgan fingerprint density at radius 3 is 2.48 bits per heavy atom. The van der Waals surface area contributed by atoms with Crippen LogP contribution in [0.15, 0.2) is 23.5 Å². The van der Waals surface area contributed by atoms with Crippen molar-refractivity contribution in [3.8, 4) is 0 Å². The van der Waals surface area contributed by atoms with Crippen LogP contribution in [0.25, 0.3) is 0 Å². The zero-order chi connectivity index (χ0) is 16.9. The first-order valence-electron chi connectivity index (χ1n) is 8.02. The Balaban J connectivity index is 0.00000225. The minimum absolute atomic E-state index is 0. The first-order chi connectivity index (χ1) is 11.6. The van der Waals surface area contributed by atoms with Gasteiger partial charge in [-0.1, -0.05) is 25.2 Å². The van der Waals surface area contributed by atoms with E-state index < -0.39 is 0 Å². The summed E-state index contributed by atoms with van der Waals surface area (Å²) in [6.45, 7) is 7.98. The summed E-state index contributed by atoms with van der Waals surface area (Å²) in [5, 5.41) is 10.3. The van der Waals surface area contributed by atoms with E-state index in [0.29, 0.717) is 18.4 Å². The Kier molecular flexibility index (Phi) is 7.29. The highest BCUT2D eigenvalue weighted by atomic mass is 127. The van der Waals surface area contributed by atoms with E-state index in [-0.39, 0.29) is 24.0 Å². The number of hydrogen-bond acceptors (Lipinski definition) is 7. The molecule has 0 radical (unpaired) electrons. The lowest BCUT2D eigenvalue weighted by molar-refractivity contribution is 0.378. The van der Waals surface area contributed by atoms with Gasteiger partial charge in [0.05, 0.1) is 6.54 Å². The molecule has 2 aromatic heterocycles. The Hall–Kier alpha value is -1.56. The molecule has 25 heavy (non-hydrogen) atoms. The number of guanidine groups is 1. The van der Waals surface area contributed by atoms with Crippen LogP contribution in [-0.2, 0) is 6.54 Å². The molecule has 8 nitrogen and oxygen atoms in total. The van der Waals surface area contributed by atoms with Gasteiger partial charge in [-0.05, 0) is 6.07 Å². The first kappa shape index (κ1) is 19.8. The first-order valence-corrected chi connectivity index (χ1v) is 8.84. The molecule has 1 aliphatic rings. The molecule has 0 unspecified atom stereocenters. The molecular weight excluding hydrogens is 451 g/mol. The van der Waals surface area contributed by atoms with E-state index in [1.807, 2.05) is 6.07 Å². The Bertz CT molecular complexity index is 682. The number of nitrogens with zero attached hydrogens (tertiary/aromatic N) is 7. The molecule has 136 valence electrons. The highest BCUT2D eigenvalue weighted by molar-refractivity contribution is 14.0. The zero-order valence-electron chi connectivity index (χ0n) is 14.4. The third kappa shape index (κ3) is 5.21. The molecule has 1 fully saturated rings. The predicted octanol–water partition coefficient (Wildman–Crippen LogP) is 1.71. The van der Waals surface area contributed by atoms with Crippen molar-refractivity contribution < 1.29 is 0 Å². The second-order valence-corrected chi connectivity index (χ2v) is 6.98. The second kappa shape index (κ2) is 9.22. The van der Waals surface area contributed by atoms with E-state index in [1.54, 1.807) is 23.7 Å². The Morgan fingerprint density at radius 2 is 1.88 bits per heavy atom. The van der Waals surface area contributed by atoms with Gasteiger partial charge in [-0.2, -0.15) is 0 Å². The van der Waals surface area contributed by atoms with Crippen LogP contribution in [0.5, 0.6) is 0 Å². The highest BCUT2D eigenvalue weighted by Gasteiger charge is 2.20. The molecule has 1 saturated heterocycles. The van der Waals surface area contributed by atoms with Crippen LogP contribution >= 0.6 is 35.3 Å². The molecule has 3 rings (SSSR count). The third-order valence-electron chi connectivity index (χ3n) is 3.79. The van der Waals surface area contributed by atoms with E-state index in [9.17, 15) is 0 Å². The summed E-state index contributed by atoms with van der Waals surface area (Å²) < 4.78 is 0. The fourth-order valence-electron chi connectivity index (χ4n) is 2.40. The minimum Gasteiger partial charge on any atom is -0.370 e. The van der Waals surface area contributed by atoms with Crippen LogP contribution in [0.3, 0.4) is 0 Å². The van der Waals surface area contributed by atoms with Gasteiger partial charge in [0.1, 0.15) is 10.0 Å². The van der Waals surface area contributed by atoms with Crippen LogP contribution in [0.1, 0.15) is 29.8 Å². The van der Waals surface area contributed by atoms with Crippen molar-refractivity contribution in [2.75, 3.05) is 31.1 Å². The molecule has 10 heteroatoms. The van der Waals surface area contributed by atoms with Gasteiger partial charge in [-0.15, -0.1) is 34.2 Å². The Morgan fingerprint density at radius 1 is 1.20 bits per heavy atom. The average Bonchev–Trinajstić information content (AvgIpc) is 3.10. The highest BCUT2D eigenvalue weighted by Crippen LogP contribution is 2.19. The van der Waals surface area contributed by atoms with Crippen molar-refractivity contribution in [3.05, 3.63) is 28.5 Å². The summed E-state index contributed by atoms with van der Waals surface area (Å²) in [6.07, 6.45) is 3.52. The molecule has 0 aliphatic carbocycles. The lowest BCUT2D eigenvalue weighted by Crippen LogP contribution is -2.51. The molecule has 2 N–H and O–H groups in total. The van der Waals surface area contributed by atoms with Gasteiger partial charge in [0.15, 0.2) is 5.96 Å². The SMILES string of the molecule is CC(C)c1nnc(CN=C(N)N2CCN(c3ncccn3)CC2)s1.I. The van der Waals surface area contributed by atoms with Crippen molar-refractivity contribution in [1.82, 2.24) is 25.1 Å². The van der Waals surface area contributed by atoms with Crippen molar-refractivity contribution in [2.45, 2.75) is 26.3 Å². The van der Waals surface area contributed by atoms with Gasteiger partial charge < -0.3 is 15.5 Å². The number of aliphatic imine (C=N–C) groups is 1. The maximum absolute atomic E-state index is 6.13. The van der Waals surface area contributed by atoms with E-state index in [4.69, 9.17) is 5.73 Å². The fraction of sp³-hybridized carbons (Fsp3) is 0.533. The zero-order valence-corrected chi connectivity index (χ0v) is 17.5. The maximum atomic E-state index is 6.13. The van der Waals surface area contributed by atoms with Gasteiger partial charge >= 0.3 is 0 Å². The number of anilines is 1. The van der Waals surface area contributed by atoms with Gasteiger partial charge in [-0.25, -0.2) is 15.0 Å². The number of hydrogen-bond donors (Lipinski definition) is 1. The van der Waals surface area contributed by atoms with Crippen molar-refractivity contribution in [2.24, 2.45) is 10.7 Å². The summed E-state index contributed by atoms with van der Waals surface area (Å²) in [5.41, 5.74) is 6.13. The van der Waals surface area contributed by atoms with Crippen molar-refractivity contribution in [1.29, 1.82) is 0 Å². The van der Waals surface area contributed by atoms with Crippen molar-refractivity contribution in [3.63, 3.8) is 0 Å². The Labute approximate surface area is 168 Å². The number of aromatic nitrogens is 4. The summed E-state index contributed by atoms with van der Waals surface area (Å²) in [5.74, 6) is 1.72.